The lowest BCUT2D eigenvalue weighted by atomic mass is 10.1. The van der Waals surface area contributed by atoms with Crippen LogP contribution < -0.4 is 15.5 Å². The summed E-state index contributed by atoms with van der Waals surface area (Å²) in [6.07, 6.45) is 1.90. The van der Waals surface area contributed by atoms with Gasteiger partial charge in [-0.05, 0) is 68.8 Å². The van der Waals surface area contributed by atoms with E-state index in [1.54, 1.807) is 18.2 Å². The van der Waals surface area contributed by atoms with E-state index in [1.807, 2.05) is 26.8 Å². The number of hydrogen-bond acceptors (Lipinski definition) is 7. The minimum Gasteiger partial charge on any atom is -0.508 e. The summed E-state index contributed by atoms with van der Waals surface area (Å²) < 4.78 is 5.32. The minimum absolute atomic E-state index is 0.0847. The van der Waals surface area contributed by atoms with Crippen molar-refractivity contribution in [3.8, 4) is 0 Å². The van der Waals surface area contributed by atoms with Crippen LogP contribution in [0, 0.1) is 0 Å². The molecular formula is C21H25N3O5S. The number of nitrogens with zero attached hydrogens (tertiary/aromatic N) is 1. The molecule has 0 aliphatic carbocycles. The molecule has 2 aliphatic heterocycles. The van der Waals surface area contributed by atoms with Gasteiger partial charge in [0.15, 0.2) is 0 Å². The lowest BCUT2D eigenvalue weighted by Crippen LogP contribution is -2.40. The van der Waals surface area contributed by atoms with Gasteiger partial charge in [-0.15, -0.1) is 0 Å². The van der Waals surface area contributed by atoms with Crippen LogP contribution in [-0.2, 0) is 9.53 Å². The van der Waals surface area contributed by atoms with Crippen LogP contribution in [0.15, 0.2) is 29.7 Å². The van der Waals surface area contributed by atoms with Gasteiger partial charge in [-0.25, -0.2) is 4.79 Å². The second-order valence-electron chi connectivity index (χ2n) is 8.15. The number of anilines is 1. The molecule has 3 amide bonds. The third-order valence-electron chi connectivity index (χ3n) is 4.54. The highest BCUT2D eigenvalue weighted by atomic mass is 32.2. The molecule has 3 N–H and O–H groups in total. The van der Waals surface area contributed by atoms with E-state index in [2.05, 4.69) is 22.1 Å². The van der Waals surface area contributed by atoms with Crippen molar-refractivity contribution >= 4 is 46.5 Å². The van der Waals surface area contributed by atoms with Crippen molar-refractivity contribution in [1.82, 2.24) is 10.6 Å². The number of carbonyl (C=O) groups is 3. The van der Waals surface area contributed by atoms with Crippen LogP contribution in [0.2, 0.25) is 0 Å². The monoisotopic (exact) mass is 431 g/mol. The first-order valence-corrected chi connectivity index (χ1v) is 10.3. The number of hydrogen-bond donors (Lipinski definition) is 3. The van der Waals surface area contributed by atoms with E-state index in [0.29, 0.717) is 24.2 Å². The third-order valence-corrected chi connectivity index (χ3v) is 5.35. The quantitative estimate of drug-likeness (QED) is 0.493. The molecule has 0 unspecified atom stereocenters. The van der Waals surface area contributed by atoms with Crippen LogP contribution in [0.25, 0.3) is 11.8 Å². The molecule has 1 aromatic rings. The van der Waals surface area contributed by atoms with Gasteiger partial charge in [0.1, 0.15) is 11.4 Å². The molecule has 2 saturated heterocycles. The molecule has 9 heteroatoms. The Balaban J connectivity index is 1.81. The maximum absolute atomic E-state index is 12.1. The van der Waals surface area contributed by atoms with E-state index in [1.165, 1.54) is 0 Å². The number of nitrogens with one attached hydrogen (secondary N) is 2. The molecule has 0 spiro atoms. The second-order valence-corrected chi connectivity index (χ2v) is 9.17. The van der Waals surface area contributed by atoms with Gasteiger partial charge in [-0.3, -0.25) is 14.9 Å². The predicted molar refractivity (Wildman–Crippen MR) is 117 cm³/mol. The van der Waals surface area contributed by atoms with Crippen molar-refractivity contribution < 1.29 is 24.2 Å². The summed E-state index contributed by atoms with van der Waals surface area (Å²) in [6.45, 7) is 10.2. The number of carbonyl (C=O) groups excluding carboxylic acids is 3. The predicted octanol–water partition coefficient (Wildman–Crippen LogP) is 3.64. The standard InChI is InChI=1S/C21H25N3O5S/c1-12(25)13-5-6-16(14(9-13)10-17-18(26)23-20(28)30-17)24-8-7-15(11-24)22-19(27)29-21(2,3)4/h5-6,9-10,15,25H,1,7-8,11H2,2-4H3,(H,22,27)(H,23,26,28)/b17-10-/t15-/m0/s1. The van der Waals surface area contributed by atoms with Gasteiger partial charge in [0, 0.05) is 24.3 Å². The lowest BCUT2D eigenvalue weighted by Gasteiger charge is -2.23. The van der Waals surface area contributed by atoms with Gasteiger partial charge in [-0.1, -0.05) is 6.58 Å². The number of aliphatic hydroxyl groups excluding tert-OH is 1. The summed E-state index contributed by atoms with van der Waals surface area (Å²) >= 11 is 0.833. The fourth-order valence-corrected chi connectivity index (χ4v) is 3.94. The number of imide groups is 1. The molecule has 0 bridgehead atoms. The Morgan fingerprint density at radius 2 is 2.13 bits per heavy atom. The first-order valence-electron chi connectivity index (χ1n) is 9.53. The molecule has 1 aromatic carbocycles. The van der Waals surface area contributed by atoms with Crippen molar-refractivity contribution in [3.63, 3.8) is 0 Å². The lowest BCUT2D eigenvalue weighted by molar-refractivity contribution is -0.115. The first-order chi connectivity index (χ1) is 14.0. The molecular weight excluding hydrogens is 406 g/mol. The Labute approximate surface area is 179 Å². The van der Waals surface area contributed by atoms with Gasteiger partial charge in [0.2, 0.25) is 0 Å². The van der Waals surface area contributed by atoms with Crippen LogP contribution in [-0.4, -0.2) is 47.1 Å². The number of amides is 3. The highest BCUT2D eigenvalue weighted by molar-refractivity contribution is 8.18. The van der Waals surface area contributed by atoms with E-state index in [4.69, 9.17) is 4.74 Å². The number of rotatable bonds is 4. The van der Waals surface area contributed by atoms with Crippen LogP contribution in [0.1, 0.15) is 38.3 Å². The summed E-state index contributed by atoms with van der Waals surface area (Å²) in [4.78, 5) is 37.9. The SMILES string of the molecule is C=C(O)c1ccc(N2CC[C@H](NC(=O)OC(C)(C)C)C2)c(/C=C2\SC(=O)NC2=O)c1. The molecule has 1 atom stereocenters. The molecule has 0 aromatic heterocycles. The van der Waals surface area contributed by atoms with Gasteiger partial charge >= 0.3 is 6.09 Å². The number of thioether (sulfide) groups is 1. The van der Waals surface area contributed by atoms with E-state index in [9.17, 15) is 19.5 Å². The Hall–Kier alpha value is -2.94. The van der Waals surface area contributed by atoms with Crippen LogP contribution in [0.4, 0.5) is 15.3 Å². The molecule has 2 aliphatic rings. The van der Waals surface area contributed by atoms with Gasteiger partial charge in [-0.2, -0.15) is 0 Å². The topological polar surface area (TPSA) is 108 Å². The van der Waals surface area contributed by atoms with Crippen molar-refractivity contribution in [3.05, 3.63) is 40.8 Å². The van der Waals surface area contributed by atoms with Crippen molar-refractivity contribution in [1.29, 1.82) is 0 Å². The normalized spacial score (nSPS) is 20.4. The van der Waals surface area contributed by atoms with Crippen molar-refractivity contribution in [2.45, 2.75) is 38.8 Å². The van der Waals surface area contributed by atoms with E-state index in [-0.39, 0.29) is 16.7 Å². The summed E-state index contributed by atoms with van der Waals surface area (Å²) in [5.74, 6) is -0.540. The second kappa shape index (κ2) is 8.43. The van der Waals surface area contributed by atoms with Gasteiger partial charge in [0.05, 0.1) is 10.9 Å². The largest absolute Gasteiger partial charge is 0.508 e. The molecule has 3 rings (SSSR count). The van der Waals surface area contributed by atoms with Crippen molar-refractivity contribution in [2.24, 2.45) is 0 Å². The number of alkyl carbamates (subject to hydrolysis) is 1. The Bertz CT molecular complexity index is 935. The van der Waals surface area contributed by atoms with Crippen LogP contribution >= 0.6 is 11.8 Å². The minimum atomic E-state index is -0.568. The molecule has 0 saturated carbocycles. The average molecular weight is 432 g/mol. The zero-order valence-electron chi connectivity index (χ0n) is 17.2. The molecule has 8 nitrogen and oxygen atoms in total. The maximum atomic E-state index is 12.1. The molecule has 0 radical (unpaired) electrons. The summed E-state index contributed by atoms with van der Waals surface area (Å²) in [5, 5.41) is 14.5. The van der Waals surface area contributed by atoms with E-state index < -0.39 is 22.8 Å². The van der Waals surface area contributed by atoms with Gasteiger partial charge in [0.25, 0.3) is 11.1 Å². The molecule has 2 heterocycles. The number of benzene rings is 1. The van der Waals surface area contributed by atoms with E-state index >= 15 is 0 Å². The van der Waals surface area contributed by atoms with Crippen LogP contribution in [0.3, 0.4) is 0 Å². The average Bonchev–Trinajstić information content (AvgIpc) is 3.19. The molecule has 30 heavy (non-hydrogen) atoms. The number of aliphatic hydroxyl groups is 1. The van der Waals surface area contributed by atoms with Crippen LogP contribution in [0.5, 0.6) is 0 Å². The van der Waals surface area contributed by atoms with E-state index in [0.717, 1.165) is 23.9 Å². The van der Waals surface area contributed by atoms with Crippen molar-refractivity contribution in [2.75, 3.05) is 18.0 Å². The molecule has 2 fully saturated rings. The first kappa shape index (κ1) is 21.8. The third kappa shape index (κ3) is 5.35. The van der Waals surface area contributed by atoms with Gasteiger partial charge < -0.3 is 20.1 Å². The zero-order chi connectivity index (χ0) is 22.1. The summed E-state index contributed by atoms with van der Waals surface area (Å²) in [7, 11) is 0. The fourth-order valence-electron chi connectivity index (χ4n) is 3.27. The summed E-state index contributed by atoms with van der Waals surface area (Å²) in [6, 6.07) is 5.20. The maximum Gasteiger partial charge on any atom is 0.407 e. The summed E-state index contributed by atoms with van der Waals surface area (Å²) in [5.41, 5.74) is 1.45. The Morgan fingerprint density at radius 3 is 2.73 bits per heavy atom. The smallest absolute Gasteiger partial charge is 0.407 e. The highest BCUT2D eigenvalue weighted by Crippen LogP contribution is 2.32. The fraction of sp³-hybridized carbons (Fsp3) is 0.381. The number of ether oxygens (including phenoxy) is 1. The molecule has 160 valence electrons. The Morgan fingerprint density at radius 1 is 1.40 bits per heavy atom. The zero-order valence-corrected chi connectivity index (χ0v) is 18.0. The Kier molecular flexibility index (Phi) is 6.12. The highest BCUT2D eigenvalue weighted by Gasteiger charge is 2.29.